The van der Waals surface area contributed by atoms with E-state index in [4.69, 9.17) is 4.74 Å². The fourth-order valence-corrected chi connectivity index (χ4v) is 1.73. The first-order chi connectivity index (χ1) is 9.12. The van der Waals surface area contributed by atoms with E-state index < -0.39 is 5.60 Å². The number of aliphatic hydroxyl groups excluding tert-OH is 1. The Morgan fingerprint density at radius 2 is 2.25 bits per heavy atom. The van der Waals surface area contributed by atoms with Gasteiger partial charge in [-0.15, -0.1) is 0 Å². The number of carbonyl (C=O) groups excluding carboxylic acids is 1. The van der Waals surface area contributed by atoms with Crippen molar-refractivity contribution in [3.63, 3.8) is 0 Å². The lowest BCUT2D eigenvalue weighted by molar-refractivity contribution is -0.734. The van der Waals surface area contributed by atoms with Crippen molar-refractivity contribution in [1.29, 1.82) is 0 Å². The number of hydrogen-bond acceptors (Lipinski definition) is 4. The van der Waals surface area contributed by atoms with Gasteiger partial charge in [-0.2, -0.15) is 9.28 Å². The van der Waals surface area contributed by atoms with Crippen LogP contribution in [0.25, 0.3) is 0 Å². The molecule has 0 bridgehead atoms. The molecule has 1 N–H and O–H groups in total. The number of nitrogens with zero attached hydrogens (tertiary/aromatic N) is 2. The molecule has 0 aromatic heterocycles. The van der Waals surface area contributed by atoms with Crippen LogP contribution in [0, 0.1) is 0 Å². The minimum absolute atomic E-state index is 0.0118. The summed E-state index contributed by atoms with van der Waals surface area (Å²) in [7, 11) is 1.77. The van der Waals surface area contributed by atoms with Crippen molar-refractivity contribution >= 4 is 12.4 Å². The highest BCUT2D eigenvalue weighted by Crippen LogP contribution is 2.18. The first-order valence-electron chi connectivity index (χ1n) is 6.79. The van der Waals surface area contributed by atoms with Crippen molar-refractivity contribution in [2.24, 2.45) is 4.99 Å². The average Bonchev–Trinajstić information content (AvgIpc) is 2.26. The van der Waals surface area contributed by atoms with Crippen LogP contribution < -0.4 is 0 Å². The van der Waals surface area contributed by atoms with Gasteiger partial charge in [0.2, 0.25) is 6.34 Å². The summed E-state index contributed by atoms with van der Waals surface area (Å²) in [5.41, 5.74) is 0.414. The second kappa shape index (κ2) is 6.33. The maximum absolute atomic E-state index is 12.2. The van der Waals surface area contributed by atoms with Crippen LogP contribution in [0.3, 0.4) is 0 Å². The SMILES string of the molecule is CC(O)CC=CC1=CN=C[N+](C)(C(=O)OC(C)(C)C)C1. The van der Waals surface area contributed by atoms with E-state index in [1.165, 1.54) is 0 Å². The summed E-state index contributed by atoms with van der Waals surface area (Å²) in [4.78, 5) is 16.4. The lowest BCUT2D eigenvalue weighted by Crippen LogP contribution is -2.52. The van der Waals surface area contributed by atoms with Crippen LogP contribution in [0.15, 0.2) is 28.9 Å². The van der Waals surface area contributed by atoms with Gasteiger partial charge in [0.05, 0.1) is 13.2 Å². The molecule has 5 heteroatoms. The fourth-order valence-electron chi connectivity index (χ4n) is 1.73. The monoisotopic (exact) mass is 281 g/mol. The molecule has 0 fully saturated rings. The number of hydrogen-bond donors (Lipinski definition) is 1. The molecule has 1 heterocycles. The first kappa shape index (κ1) is 16.6. The van der Waals surface area contributed by atoms with E-state index in [2.05, 4.69) is 4.99 Å². The predicted octanol–water partition coefficient (Wildman–Crippen LogP) is 2.62. The molecule has 0 radical (unpaired) electrons. The minimum Gasteiger partial charge on any atom is -0.414 e. The van der Waals surface area contributed by atoms with Gasteiger partial charge in [-0.3, -0.25) is 0 Å². The third-order valence-corrected chi connectivity index (χ3v) is 2.69. The van der Waals surface area contributed by atoms with Crippen LogP contribution in [0.5, 0.6) is 0 Å². The Bertz CT molecular complexity index is 445. The van der Waals surface area contributed by atoms with Crippen LogP contribution in [0.2, 0.25) is 0 Å². The highest BCUT2D eigenvalue weighted by Gasteiger charge is 2.37. The molecule has 2 atom stereocenters. The molecule has 0 spiro atoms. The van der Waals surface area contributed by atoms with Gasteiger partial charge in [0, 0.05) is 11.8 Å². The number of likely N-dealkylation sites (N-methyl/N-ethyl adjacent to an activating group) is 1. The van der Waals surface area contributed by atoms with Crippen molar-refractivity contribution < 1.29 is 19.1 Å². The molecule has 0 saturated heterocycles. The molecule has 0 aromatic carbocycles. The van der Waals surface area contributed by atoms with E-state index in [0.29, 0.717) is 13.0 Å². The third-order valence-electron chi connectivity index (χ3n) is 2.69. The molecule has 0 aromatic rings. The Balaban J connectivity index is 2.72. The molecule has 112 valence electrons. The Kier molecular flexibility index (Phi) is 5.25. The van der Waals surface area contributed by atoms with Gasteiger partial charge < -0.3 is 9.84 Å². The molecule has 0 saturated carbocycles. The van der Waals surface area contributed by atoms with Crippen LogP contribution in [-0.2, 0) is 4.74 Å². The molecule has 1 amide bonds. The number of amides is 1. The van der Waals surface area contributed by atoms with E-state index >= 15 is 0 Å². The van der Waals surface area contributed by atoms with Gasteiger partial charge in [0.1, 0.15) is 12.1 Å². The lowest BCUT2D eigenvalue weighted by Gasteiger charge is -2.30. The van der Waals surface area contributed by atoms with Crippen molar-refractivity contribution in [2.45, 2.75) is 45.8 Å². The largest absolute Gasteiger partial charge is 0.522 e. The molecule has 20 heavy (non-hydrogen) atoms. The van der Waals surface area contributed by atoms with Crippen molar-refractivity contribution in [1.82, 2.24) is 0 Å². The first-order valence-corrected chi connectivity index (χ1v) is 6.79. The highest BCUT2D eigenvalue weighted by atomic mass is 16.6. The van der Waals surface area contributed by atoms with Gasteiger partial charge in [0.15, 0.2) is 0 Å². The van der Waals surface area contributed by atoms with Gasteiger partial charge in [-0.05, 0) is 34.1 Å². The lowest BCUT2D eigenvalue weighted by atomic mass is 10.1. The summed E-state index contributed by atoms with van der Waals surface area (Å²) in [5, 5.41) is 9.22. The third kappa shape index (κ3) is 5.27. The molecule has 0 aliphatic carbocycles. The summed E-state index contributed by atoms with van der Waals surface area (Å²) in [6, 6.07) is 0. The van der Waals surface area contributed by atoms with Gasteiger partial charge in [-0.1, -0.05) is 12.2 Å². The number of aliphatic imine (C=N–C) groups is 1. The summed E-state index contributed by atoms with van der Waals surface area (Å²) in [5.74, 6) is 0. The molecule has 1 aliphatic heterocycles. The summed E-state index contributed by atoms with van der Waals surface area (Å²) < 4.78 is 5.41. The molecule has 2 unspecified atom stereocenters. The smallest absolute Gasteiger partial charge is 0.414 e. The number of rotatable bonds is 3. The van der Waals surface area contributed by atoms with Crippen molar-refractivity contribution in [3.05, 3.63) is 23.9 Å². The second-order valence-corrected chi connectivity index (χ2v) is 6.36. The summed E-state index contributed by atoms with van der Waals surface area (Å²) in [6.07, 6.45) is 6.97. The Labute approximate surface area is 120 Å². The average molecular weight is 281 g/mol. The Morgan fingerprint density at radius 1 is 1.60 bits per heavy atom. The van der Waals surface area contributed by atoms with E-state index in [9.17, 15) is 9.90 Å². The zero-order valence-corrected chi connectivity index (χ0v) is 13.0. The fraction of sp³-hybridized carbons (Fsp3) is 0.600. The molecular weight excluding hydrogens is 256 g/mol. The van der Waals surface area contributed by atoms with Crippen LogP contribution >= 0.6 is 0 Å². The normalized spacial score (nSPS) is 24.6. The van der Waals surface area contributed by atoms with Crippen LogP contribution in [0.4, 0.5) is 4.79 Å². The zero-order valence-electron chi connectivity index (χ0n) is 13.0. The predicted molar refractivity (Wildman–Crippen MR) is 79.3 cm³/mol. The second-order valence-electron chi connectivity index (χ2n) is 6.36. The number of carbonyl (C=O) groups is 1. The number of quaternary nitrogens is 1. The zero-order chi connectivity index (χ0) is 15.4. The minimum atomic E-state index is -0.518. The number of ether oxygens (including phenoxy) is 1. The van der Waals surface area contributed by atoms with Gasteiger partial charge in [0.25, 0.3) is 0 Å². The quantitative estimate of drug-likeness (QED) is 0.809. The van der Waals surface area contributed by atoms with Gasteiger partial charge in [-0.25, -0.2) is 4.99 Å². The van der Waals surface area contributed by atoms with E-state index in [0.717, 1.165) is 5.57 Å². The topological polar surface area (TPSA) is 58.9 Å². The van der Waals surface area contributed by atoms with E-state index in [1.54, 1.807) is 26.5 Å². The maximum atomic E-state index is 12.2. The highest BCUT2D eigenvalue weighted by molar-refractivity contribution is 5.72. The Morgan fingerprint density at radius 3 is 2.80 bits per heavy atom. The maximum Gasteiger partial charge on any atom is 0.522 e. The molecule has 5 nitrogen and oxygen atoms in total. The van der Waals surface area contributed by atoms with E-state index in [1.807, 2.05) is 32.9 Å². The van der Waals surface area contributed by atoms with Crippen LogP contribution in [0.1, 0.15) is 34.1 Å². The van der Waals surface area contributed by atoms with Gasteiger partial charge >= 0.3 is 6.09 Å². The number of aliphatic hydroxyl groups is 1. The summed E-state index contributed by atoms with van der Waals surface area (Å²) >= 11 is 0. The van der Waals surface area contributed by atoms with Crippen molar-refractivity contribution in [3.8, 4) is 0 Å². The molecular formula is C15H25N2O3+. The standard InChI is InChI=1S/C15H25N2O3/c1-12(18)7-6-8-13-9-16-11-17(5,10-13)14(19)20-15(2,3)4/h6,8-9,11-12,18H,7,10H2,1-5H3/q+1. The van der Waals surface area contributed by atoms with E-state index in [-0.39, 0.29) is 16.7 Å². The Hall–Kier alpha value is -1.46. The molecule has 1 rings (SSSR count). The molecule has 1 aliphatic rings. The van der Waals surface area contributed by atoms with Crippen molar-refractivity contribution in [2.75, 3.05) is 13.6 Å². The summed E-state index contributed by atoms with van der Waals surface area (Å²) in [6.45, 7) is 7.76. The van der Waals surface area contributed by atoms with Crippen LogP contribution in [-0.4, -0.2) is 47.3 Å².